The molecular formula is C20H19F2N3O3S. The number of halogens is 2. The van der Waals surface area contributed by atoms with Crippen LogP contribution in [0.5, 0.6) is 0 Å². The molecule has 152 valence electrons. The number of hydrogen-bond acceptors (Lipinski definition) is 5. The summed E-state index contributed by atoms with van der Waals surface area (Å²) >= 11 is 1.05. The summed E-state index contributed by atoms with van der Waals surface area (Å²) in [6, 6.07) is 2.08. The first-order chi connectivity index (χ1) is 13.9. The number of imide groups is 1. The lowest BCUT2D eigenvalue weighted by atomic mass is 9.81. The fourth-order valence-electron chi connectivity index (χ4n) is 4.05. The molecule has 1 N–H and O–H groups in total. The highest BCUT2D eigenvalue weighted by molar-refractivity contribution is 7.14. The summed E-state index contributed by atoms with van der Waals surface area (Å²) in [5.41, 5.74) is 0.179. The predicted molar refractivity (Wildman–Crippen MR) is 103 cm³/mol. The SMILES string of the molecule is C[C@@H](C(=O)Nc1nc(-c2cc(F)ccc2F)cs1)N1C(=O)[C@@H]2CCCC[C@H]2C1=O. The Balaban J connectivity index is 1.48. The second-order valence-electron chi connectivity index (χ2n) is 7.37. The molecule has 6 nitrogen and oxygen atoms in total. The fourth-order valence-corrected chi connectivity index (χ4v) is 4.76. The molecular weight excluding hydrogens is 400 g/mol. The number of amides is 3. The van der Waals surface area contributed by atoms with Crippen LogP contribution in [-0.4, -0.2) is 33.6 Å². The Morgan fingerprint density at radius 3 is 2.52 bits per heavy atom. The summed E-state index contributed by atoms with van der Waals surface area (Å²) in [5.74, 6) is -3.00. The van der Waals surface area contributed by atoms with Crippen molar-refractivity contribution in [3.63, 3.8) is 0 Å². The van der Waals surface area contributed by atoms with Gasteiger partial charge < -0.3 is 5.32 Å². The average molecular weight is 419 g/mol. The normalized spacial score (nSPS) is 22.5. The highest BCUT2D eigenvalue weighted by Crippen LogP contribution is 2.39. The van der Waals surface area contributed by atoms with Crippen LogP contribution in [0.15, 0.2) is 23.6 Å². The third-order valence-electron chi connectivity index (χ3n) is 5.58. The van der Waals surface area contributed by atoms with E-state index < -0.39 is 23.6 Å². The van der Waals surface area contributed by atoms with Gasteiger partial charge in [-0.3, -0.25) is 19.3 Å². The molecule has 4 rings (SSSR count). The van der Waals surface area contributed by atoms with Crippen LogP contribution in [0.25, 0.3) is 11.3 Å². The molecule has 1 aliphatic carbocycles. The number of anilines is 1. The van der Waals surface area contributed by atoms with Crippen molar-refractivity contribution < 1.29 is 23.2 Å². The Morgan fingerprint density at radius 1 is 1.21 bits per heavy atom. The molecule has 1 aromatic heterocycles. The molecule has 2 aliphatic rings. The number of nitrogens with zero attached hydrogens (tertiary/aromatic N) is 2. The minimum atomic E-state index is -0.973. The van der Waals surface area contributed by atoms with Gasteiger partial charge in [-0.25, -0.2) is 13.8 Å². The summed E-state index contributed by atoms with van der Waals surface area (Å²) in [6.07, 6.45) is 3.17. The highest BCUT2D eigenvalue weighted by atomic mass is 32.1. The molecule has 1 saturated heterocycles. The van der Waals surface area contributed by atoms with E-state index in [0.717, 1.165) is 47.3 Å². The third-order valence-corrected chi connectivity index (χ3v) is 6.34. The second kappa shape index (κ2) is 7.62. The van der Waals surface area contributed by atoms with E-state index in [2.05, 4.69) is 10.3 Å². The van der Waals surface area contributed by atoms with Gasteiger partial charge in [0.05, 0.1) is 17.5 Å². The molecule has 1 saturated carbocycles. The Hall–Kier alpha value is -2.68. The van der Waals surface area contributed by atoms with E-state index in [1.54, 1.807) is 0 Å². The lowest BCUT2D eigenvalue weighted by Gasteiger charge is -2.21. The van der Waals surface area contributed by atoms with Crippen molar-refractivity contribution in [2.75, 3.05) is 5.32 Å². The van der Waals surface area contributed by atoms with Crippen molar-refractivity contribution >= 4 is 34.2 Å². The van der Waals surface area contributed by atoms with Crippen LogP contribution in [0.3, 0.4) is 0 Å². The number of likely N-dealkylation sites (tertiary alicyclic amines) is 1. The topological polar surface area (TPSA) is 79.4 Å². The van der Waals surface area contributed by atoms with Crippen molar-refractivity contribution in [2.24, 2.45) is 11.8 Å². The lowest BCUT2D eigenvalue weighted by molar-refractivity contribution is -0.146. The number of benzene rings is 1. The summed E-state index contributed by atoms with van der Waals surface area (Å²) in [4.78, 5) is 43.1. The maximum Gasteiger partial charge on any atom is 0.249 e. The number of fused-ring (bicyclic) bond motifs is 1. The van der Waals surface area contributed by atoms with Crippen molar-refractivity contribution in [1.82, 2.24) is 9.88 Å². The van der Waals surface area contributed by atoms with E-state index in [4.69, 9.17) is 0 Å². The van der Waals surface area contributed by atoms with Gasteiger partial charge in [-0.15, -0.1) is 11.3 Å². The van der Waals surface area contributed by atoms with Gasteiger partial charge in [-0.2, -0.15) is 0 Å². The minimum absolute atomic E-state index is 0.0104. The monoisotopic (exact) mass is 419 g/mol. The molecule has 2 aromatic rings. The third kappa shape index (κ3) is 3.55. The molecule has 3 amide bonds. The fraction of sp³-hybridized carbons (Fsp3) is 0.400. The Morgan fingerprint density at radius 2 is 1.86 bits per heavy atom. The van der Waals surface area contributed by atoms with Gasteiger partial charge in [0, 0.05) is 10.9 Å². The van der Waals surface area contributed by atoms with Crippen molar-refractivity contribution in [3.05, 3.63) is 35.2 Å². The number of thiazole rings is 1. The molecule has 0 bridgehead atoms. The zero-order valence-electron chi connectivity index (χ0n) is 15.7. The second-order valence-corrected chi connectivity index (χ2v) is 8.23. The van der Waals surface area contributed by atoms with Crippen LogP contribution in [0.4, 0.5) is 13.9 Å². The number of hydrogen-bond donors (Lipinski definition) is 1. The predicted octanol–water partition coefficient (Wildman–Crippen LogP) is 3.59. The zero-order valence-corrected chi connectivity index (χ0v) is 16.5. The molecule has 1 aromatic carbocycles. The summed E-state index contributed by atoms with van der Waals surface area (Å²) < 4.78 is 27.3. The van der Waals surface area contributed by atoms with Crippen LogP contribution >= 0.6 is 11.3 Å². The maximum absolute atomic E-state index is 13.9. The van der Waals surface area contributed by atoms with Crippen LogP contribution in [0.1, 0.15) is 32.6 Å². The average Bonchev–Trinajstić information content (AvgIpc) is 3.26. The summed E-state index contributed by atoms with van der Waals surface area (Å²) in [5, 5.41) is 4.25. The maximum atomic E-state index is 13.9. The van der Waals surface area contributed by atoms with E-state index in [9.17, 15) is 23.2 Å². The Labute approximate surface area is 169 Å². The van der Waals surface area contributed by atoms with Gasteiger partial charge in [0.1, 0.15) is 17.7 Å². The van der Waals surface area contributed by atoms with Crippen LogP contribution in [0, 0.1) is 23.5 Å². The van der Waals surface area contributed by atoms with Crippen LogP contribution in [-0.2, 0) is 14.4 Å². The first-order valence-corrected chi connectivity index (χ1v) is 10.3. The van der Waals surface area contributed by atoms with E-state index in [1.165, 1.54) is 12.3 Å². The van der Waals surface area contributed by atoms with Crippen molar-refractivity contribution in [2.45, 2.75) is 38.6 Å². The number of nitrogens with one attached hydrogen (secondary N) is 1. The standard InChI is InChI=1S/C20H19F2N3O3S/c1-10(25-18(27)12-4-2-3-5-13(12)19(25)28)17(26)24-20-23-16(9-29-20)14-8-11(21)6-7-15(14)22/h6-10,12-13H,2-5H2,1H3,(H,23,24,26)/t10-,12+,13+/m0/s1. The van der Waals surface area contributed by atoms with Crippen LogP contribution in [0.2, 0.25) is 0 Å². The lowest BCUT2D eigenvalue weighted by Crippen LogP contribution is -2.46. The molecule has 1 aliphatic heterocycles. The number of carbonyl (C=O) groups excluding carboxylic acids is 3. The molecule has 2 fully saturated rings. The van der Waals surface area contributed by atoms with Gasteiger partial charge >= 0.3 is 0 Å². The smallest absolute Gasteiger partial charge is 0.249 e. The van der Waals surface area contributed by atoms with Gasteiger partial charge in [0.15, 0.2) is 5.13 Å². The Bertz CT molecular complexity index is 969. The first kappa shape index (κ1) is 19.6. The van der Waals surface area contributed by atoms with Gasteiger partial charge in [0.25, 0.3) is 0 Å². The van der Waals surface area contributed by atoms with E-state index in [-0.39, 0.29) is 40.0 Å². The van der Waals surface area contributed by atoms with E-state index in [1.807, 2.05) is 0 Å². The molecule has 0 radical (unpaired) electrons. The zero-order chi connectivity index (χ0) is 20.7. The molecule has 0 spiro atoms. The van der Waals surface area contributed by atoms with Gasteiger partial charge in [0.2, 0.25) is 17.7 Å². The number of rotatable bonds is 4. The van der Waals surface area contributed by atoms with Crippen molar-refractivity contribution in [1.29, 1.82) is 0 Å². The van der Waals surface area contributed by atoms with Crippen molar-refractivity contribution in [3.8, 4) is 11.3 Å². The molecule has 29 heavy (non-hydrogen) atoms. The highest BCUT2D eigenvalue weighted by Gasteiger charge is 2.50. The first-order valence-electron chi connectivity index (χ1n) is 9.45. The van der Waals surface area contributed by atoms with Crippen LogP contribution < -0.4 is 5.32 Å². The Kier molecular flexibility index (Phi) is 5.16. The number of aromatic nitrogens is 1. The number of carbonyl (C=O) groups is 3. The summed E-state index contributed by atoms with van der Waals surface area (Å²) in [7, 11) is 0. The molecule has 9 heteroatoms. The molecule has 3 atom stereocenters. The summed E-state index contributed by atoms with van der Waals surface area (Å²) in [6.45, 7) is 1.50. The minimum Gasteiger partial charge on any atom is -0.300 e. The van der Waals surface area contributed by atoms with Gasteiger partial charge in [-0.1, -0.05) is 12.8 Å². The largest absolute Gasteiger partial charge is 0.300 e. The van der Waals surface area contributed by atoms with E-state index in [0.29, 0.717) is 12.8 Å². The van der Waals surface area contributed by atoms with Gasteiger partial charge in [-0.05, 0) is 38.0 Å². The molecule has 2 heterocycles. The van der Waals surface area contributed by atoms with E-state index >= 15 is 0 Å². The molecule has 0 unspecified atom stereocenters. The quantitative estimate of drug-likeness (QED) is 0.768.